The van der Waals surface area contributed by atoms with Crippen molar-refractivity contribution in [2.75, 3.05) is 6.61 Å². The van der Waals surface area contributed by atoms with E-state index in [1.54, 1.807) is 0 Å². The summed E-state index contributed by atoms with van der Waals surface area (Å²) in [6, 6.07) is 2.16. The van der Waals surface area contributed by atoms with E-state index in [1.165, 1.54) is 20.8 Å². The van der Waals surface area contributed by atoms with E-state index in [4.69, 9.17) is 23.7 Å². The number of hydrogen-bond donors (Lipinski definition) is 0. The van der Waals surface area contributed by atoms with E-state index >= 15 is 4.79 Å². The summed E-state index contributed by atoms with van der Waals surface area (Å²) in [6.45, 7) is 18.1. The molecule has 0 aromatic carbocycles. The second-order valence-electron chi connectivity index (χ2n) is 19.2. The summed E-state index contributed by atoms with van der Waals surface area (Å²) >= 11 is 0. The Morgan fingerprint density at radius 1 is 0.893 bits per heavy atom. The van der Waals surface area contributed by atoms with Crippen LogP contribution >= 0.6 is 0 Å². The maximum Gasteiger partial charge on any atom is 0.314 e. The van der Waals surface area contributed by atoms with Crippen molar-refractivity contribution < 1.29 is 52.5 Å². The zero-order chi connectivity index (χ0) is 41.4. The van der Waals surface area contributed by atoms with Crippen LogP contribution in [0.4, 0.5) is 0 Å². The van der Waals surface area contributed by atoms with Crippen LogP contribution in [0.3, 0.4) is 0 Å². The number of nitriles is 1. The third-order valence-corrected chi connectivity index (χ3v) is 15.8. The maximum absolute atomic E-state index is 15.0. The van der Waals surface area contributed by atoms with Gasteiger partial charge in [0.2, 0.25) is 6.29 Å². The lowest BCUT2D eigenvalue weighted by atomic mass is 9.34. The molecule has 12 nitrogen and oxygen atoms in total. The summed E-state index contributed by atoms with van der Waals surface area (Å²) in [4.78, 5) is 79.6. The smallest absolute Gasteiger partial charge is 0.314 e. The number of rotatable bonds is 7. The van der Waals surface area contributed by atoms with Gasteiger partial charge in [-0.15, -0.1) is 0 Å². The van der Waals surface area contributed by atoms with Gasteiger partial charge < -0.3 is 23.7 Å². The van der Waals surface area contributed by atoms with Crippen LogP contribution in [0.1, 0.15) is 127 Å². The van der Waals surface area contributed by atoms with Gasteiger partial charge in [-0.2, -0.15) is 5.26 Å². The topological polar surface area (TPSA) is 172 Å². The van der Waals surface area contributed by atoms with Crippen LogP contribution in [0.15, 0.2) is 23.3 Å². The molecule has 306 valence electrons. The number of fused-ring (bicyclic) bond motifs is 7. The van der Waals surface area contributed by atoms with E-state index in [1.807, 2.05) is 26.0 Å². The van der Waals surface area contributed by atoms with Crippen LogP contribution in [-0.2, 0) is 52.5 Å². The minimum Gasteiger partial charge on any atom is -0.463 e. The molecule has 12 atom stereocenters. The van der Waals surface area contributed by atoms with E-state index in [2.05, 4.69) is 40.7 Å². The van der Waals surface area contributed by atoms with Crippen LogP contribution in [0.25, 0.3) is 0 Å². The minimum atomic E-state index is -1.22. The first-order chi connectivity index (χ1) is 26.0. The number of Topliss-reactive ketones (excluding diaryl/α,β-unsaturated/α-hetero) is 1. The van der Waals surface area contributed by atoms with Gasteiger partial charge in [-0.1, -0.05) is 66.5 Å². The first kappa shape index (κ1) is 41.8. The lowest BCUT2D eigenvalue weighted by Crippen LogP contribution is -2.66. The van der Waals surface area contributed by atoms with Crippen molar-refractivity contribution >= 4 is 35.4 Å². The Kier molecular flexibility index (Phi) is 10.6. The largest absolute Gasteiger partial charge is 0.463 e. The molecule has 0 N–H and O–H groups in total. The zero-order valence-corrected chi connectivity index (χ0v) is 34.7. The molecule has 12 heteroatoms. The van der Waals surface area contributed by atoms with Crippen molar-refractivity contribution in [1.82, 2.24) is 0 Å². The molecule has 3 unspecified atom stereocenters. The molecule has 0 spiro atoms. The standard InChI is InChI=1S/C44H59NO11/c1-11-40(7)14-16-44(38(51)56-34-19-30(53-25(3)47)36(54-26(4)48)31(55-34)23-52-24(2)46)17-15-43(10)35(28(44)21-40)29(49)18-33-41(8)20-27(22-45)37(50)39(5,6)32(41)12-13-42(33,43)9/h18,20,28,30-32,34-36H,11-17,19,21,23H2,1-10H3/t28?,30-,31-,32?,34+,35?,36-,40-,41+,42-,43-,44+/m1/s1. The van der Waals surface area contributed by atoms with Crippen molar-refractivity contribution in [2.45, 2.75) is 152 Å². The number of allylic oxidation sites excluding steroid dienone is 4. The summed E-state index contributed by atoms with van der Waals surface area (Å²) in [7, 11) is 0. The van der Waals surface area contributed by atoms with Gasteiger partial charge in [0.25, 0.3) is 0 Å². The Morgan fingerprint density at radius 3 is 2.16 bits per heavy atom. The fourth-order valence-electron chi connectivity index (χ4n) is 12.4. The molecule has 1 aliphatic heterocycles. The Labute approximate surface area is 330 Å². The first-order valence-corrected chi connectivity index (χ1v) is 20.3. The Morgan fingerprint density at radius 2 is 1.55 bits per heavy atom. The highest BCUT2D eigenvalue weighted by Crippen LogP contribution is 2.74. The average Bonchev–Trinajstić information content (AvgIpc) is 3.10. The highest BCUT2D eigenvalue weighted by Gasteiger charge is 2.71. The summed E-state index contributed by atoms with van der Waals surface area (Å²) in [6.07, 6.45) is 4.45. The molecule has 0 aromatic heterocycles. The molecular weight excluding hydrogens is 718 g/mol. The van der Waals surface area contributed by atoms with Crippen molar-refractivity contribution in [2.24, 2.45) is 50.2 Å². The van der Waals surface area contributed by atoms with Crippen molar-refractivity contribution in [3.63, 3.8) is 0 Å². The molecule has 0 amide bonds. The number of nitrogens with zero attached hydrogens (tertiary/aromatic N) is 1. The van der Waals surface area contributed by atoms with E-state index in [9.17, 15) is 29.2 Å². The fourth-order valence-corrected chi connectivity index (χ4v) is 12.4. The Bertz CT molecular complexity index is 1820. The monoisotopic (exact) mass is 777 g/mol. The van der Waals surface area contributed by atoms with Crippen LogP contribution in [-0.4, -0.2) is 66.7 Å². The van der Waals surface area contributed by atoms with Gasteiger partial charge in [0.15, 0.2) is 17.7 Å². The Balaban J connectivity index is 1.38. The Hall–Kier alpha value is -3.85. The number of ketones is 2. The van der Waals surface area contributed by atoms with E-state index < -0.39 is 81.5 Å². The van der Waals surface area contributed by atoms with Gasteiger partial charge in [-0.3, -0.25) is 28.8 Å². The second kappa shape index (κ2) is 14.2. The third kappa shape index (κ3) is 6.44. The SMILES string of the molecule is CC[C@]1(C)CC[C@]2(C(=O)O[C@H]3C[C@@H](OC(C)=O)[C@@H](OC(C)=O)[C@@H](COC(C)=O)O3)CC[C@]3(C)C(C(=O)C=C4[C@@]5(C)C=C(C#N)C(=O)C(C)(C)C5CC[C@]43C)C2C1. The molecule has 6 aliphatic rings. The van der Waals surface area contributed by atoms with Crippen LogP contribution in [0.2, 0.25) is 0 Å². The van der Waals surface area contributed by atoms with Gasteiger partial charge in [0.05, 0.1) is 17.4 Å². The van der Waals surface area contributed by atoms with Gasteiger partial charge >= 0.3 is 23.9 Å². The summed E-state index contributed by atoms with van der Waals surface area (Å²) in [5.74, 6) is -3.48. The second-order valence-corrected chi connectivity index (χ2v) is 19.2. The molecular formula is C44H59NO11. The maximum atomic E-state index is 15.0. The summed E-state index contributed by atoms with van der Waals surface area (Å²) in [5.41, 5.74) is -2.46. The summed E-state index contributed by atoms with van der Waals surface area (Å²) in [5, 5.41) is 10.1. The van der Waals surface area contributed by atoms with Crippen molar-refractivity contribution in [3.8, 4) is 6.07 Å². The molecule has 3 saturated carbocycles. The lowest BCUT2D eigenvalue weighted by Gasteiger charge is -2.69. The predicted molar refractivity (Wildman–Crippen MR) is 201 cm³/mol. The van der Waals surface area contributed by atoms with Crippen LogP contribution < -0.4 is 0 Å². The van der Waals surface area contributed by atoms with Gasteiger partial charge in [-0.05, 0) is 79.1 Å². The van der Waals surface area contributed by atoms with E-state index in [0.717, 1.165) is 31.3 Å². The molecule has 1 saturated heterocycles. The number of hydrogen-bond acceptors (Lipinski definition) is 12. The van der Waals surface area contributed by atoms with Crippen molar-refractivity contribution in [3.05, 3.63) is 23.3 Å². The molecule has 0 bridgehead atoms. The molecule has 1 heterocycles. The molecule has 56 heavy (non-hydrogen) atoms. The van der Waals surface area contributed by atoms with E-state index in [-0.39, 0.29) is 47.4 Å². The highest BCUT2D eigenvalue weighted by molar-refractivity contribution is 6.04. The molecule has 6 rings (SSSR count). The van der Waals surface area contributed by atoms with Crippen molar-refractivity contribution in [1.29, 1.82) is 5.26 Å². The fraction of sp³-hybridized carbons (Fsp3) is 0.750. The highest BCUT2D eigenvalue weighted by atomic mass is 16.7. The molecule has 5 aliphatic carbocycles. The lowest BCUT2D eigenvalue weighted by molar-refractivity contribution is -0.268. The first-order valence-electron chi connectivity index (χ1n) is 20.3. The van der Waals surface area contributed by atoms with Crippen LogP contribution in [0, 0.1) is 61.6 Å². The van der Waals surface area contributed by atoms with E-state index in [0.29, 0.717) is 25.7 Å². The minimum absolute atomic E-state index is 0.0276. The van der Waals surface area contributed by atoms with Gasteiger partial charge in [0, 0.05) is 37.5 Å². The molecule has 0 aromatic rings. The van der Waals surface area contributed by atoms with Gasteiger partial charge in [-0.25, -0.2) is 0 Å². The quantitative estimate of drug-likeness (QED) is 0.199. The van der Waals surface area contributed by atoms with Crippen LogP contribution in [0.5, 0.6) is 0 Å². The molecule has 4 fully saturated rings. The zero-order valence-electron chi connectivity index (χ0n) is 34.7. The third-order valence-electron chi connectivity index (χ3n) is 15.8. The number of carbonyl (C=O) groups excluding carboxylic acids is 6. The summed E-state index contributed by atoms with van der Waals surface area (Å²) < 4.78 is 28.8. The molecule has 0 radical (unpaired) electrons. The average molecular weight is 778 g/mol. The normalized spacial score (nSPS) is 42.5. The van der Waals surface area contributed by atoms with Gasteiger partial charge in [0.1, 0.15) is 24.9 Å². The number of ether oxygens (including phenoxy) is 5. The predicted octanol–water partition coefficient (Wildman–Crippen LogP) is 6.68. The number of esters is 4. The number of carbonyl (C=O) groups is 6.